The highest BCUT2D eigenvalue weighted by Crippen LogP contribution is 2.25. The molecule has 0 unspecified atom stereocenters. The molecular weight excluding hydrogens is 308 g/mol. The highest BCUT2D eigenvalue weighted by molar-refractivity contribution is 6.02. The second-order valence-corrected chi connectivity index (χ2v) is 6.02. The summed E-state index contributed by atoms with van der Waals surface area (Å²) in [5, 5.41) is 9.23. The van der Waals surface area contributed by atoms with Crippen molar-refractivity contribution in [1.29, 1.82) is 0 Å². The van der Waals surface area contributed by atoms with E-state index >= 15 is 0 Å². The van der Waals surface area contributed by atoms with Crippen molar-refractivity contribution >= 4 is 11.9 Å². The molecule has 1 fully saturated rings. The number of aromatic carboxylic acids is 1. The summed E-state index contributed by atoms with van der Waals surface area (Å²) in [5.74, 6) is -1.52. The van der Waals surface area contributed by atoms with Crippen molar-refractivity contribution in [3.63, 3.8) is 0 Å². The molecule has 7 nitrogen and oxygen atoms in total. The number of nitrogens with zero attached hydrogens (tertiary/aromatic N) is 3. The molecule has 1 aliphatic carbocycles. The first-order valence-electron chi connectivity index (χ1n) is 8.13. The summed E-state index contributed by atoms with van der Waals surface area (Å²) in [6.07, 6.45) is 9.85. The minimum absolute atomic E-state index is 0.0306. The Kier molecular flexibility index (Phi) is 4.88. The van der Waals surface area contributed by atoms with E-state index in [4.69, 9.17) is 0 Å². The molecule has 0 spiro atoms. The molecule has 0 aromatic carbocycles. The standard InChI is InChI=1S/C17H20N4O3/c22-16(14-15(17(23)24)20-11-19-14)21(13-6-2-1-3-7-13)10-12-5-4-8-18-9-12/h4-5,8-9,11,13H,1-3,6-7,10H2,(H,19,20)(H,23,24). The minimum atomic E-state index is -1.18. The Morgan fingerprint density at radius 2 is 2.08 bits per heavy atom. The number of nitrogens with one attached hydrogen (secondary N) is 1. The summed E-state index contributed by atoms with van der Waals surface area (Å²) in [6.45, 7) is 0.406. The Balaban J connectivity index is 1.89. The largest absolute Gasteiger partial charge is 0.477 e. The van der Waals surface area contributed by atoms with Gasteiger partial charge in [-0.15, -0.1) is 0 Å². The lowest BCUT2D eigenvalue weighted by Gasteiger charge is -2.34. The molecule has 2 N–H and O–H groups in total. The highest BCUT2D eigenvalue weighted by Gasteiger charge is 2.30. The number of H-pyrrole nitrogens is 1. The number of hydrogen-bond acceptors (Lipinski definition) is 4. The number of carbonyl (C=O) groups excluding carboxylic acids is 1. The Hall–Kier alpha value is -2.70. The number of hydrogen-bond donors (Lipinski definition) is 2. The quantitative estimate of drug-likeness (QED) is 0.878. The van der Waals surface area contributed by atoms with Crippen LogP contribution in [0.2, 0.25) is 0 Å². The van der Waals surface area contributed by atoms with Crippen LogP contribution in [-0.4, -0.2) is 42.9 Å². The van der Waals surface area contributed by atoms with Crippen molar-refractivity contribution in [3.8, 4) is 0 Å². The van der Waals surface area contributed by atoms with Crippen LogP contribution in [-0.2, 0) is 6.54 Å². The van der Waals surface area contributed by atoms with Gasteiger partial charge in [0, 0.05) is 25.0 Å². The van der Waals surface area contributed by atoms with Gasteiger partial charge in [0.05, 0.1) is 6.33 Å². The van der Waals surface area contributed by atoms with Crippen LogP contribution in [0, 0.1) is 0 Å². The number of pyridine rings is 1. The lowest BCUT2D eigenvalue weighted by Crippen LogP contribution is -2.41. The van der Waals surface area contributed by atoms with Gasteiger partial charge in [-0.3, -0.25) is 9.78 Å². The first kappa shape index (κ1) is 16.2. The molecule has 2 aromatic rings. The van der Waals surface area contributed by atoms with Crippen molar-refractivity contribution in [2.75, 3.05) is 0 Å². The monoisotopic (exact) mass is 328 g/mol. The third kappa shape index (κ3) is 3.45. The van der Waals surface area contributed by atoms with E-state index in [1.165, 1.54) is 12.7 Å². The van der Waals surface area contributed by atoms with Crippen LogP contribution < -0.4 is 0 Å². The summed E-state index contributed by atoms with van der Waals surface area (Å²) < 4.78 is 0. The maximum absolute atomic E-state index is 13.0. The second kappa shape index (κ2) is 7.25. The van der Waals surface area contributed by atoms with Gasteiger partial charge in [0.15, 0.2) is 11.4 Å². The molecular formula is C17H20N4O3. The SMILES string of the molecule is O=C(O)c1[nH]cnc1C(=O)N(Cc1cccnc1)C1CCCCC1. The molecule has 1 aliphatic rings. The van der Waals surface area contributed by atoms with Gasteiger partial charge in [0.25, 0.3) is 5.91 Å². The van der Waals surface area contributed by atoms with E-state index in [2.05, 4.69) is 15.0 Å². The van der Waals surface area contributed by atoms with Gasteiger partial charge in [-0.2, -0.15) is 0 Å². The zero-order valence-corrected chi connectivity index (χ0v) is 13.3. The molecule has 24 heavy (non-hydrogen) atoms. The van der Waals surface area contributed by atoms with E-state index in [1.54, 1.807) is 17.3 Å². The molecule has 3 rings (SSSR count). The normalized spacial score (nSPS) is 15.2. The Labute approximate surface area is 139 Å². The molecule has 1 saturated carbocycles. The second-order valence-electron chi connectivity index (χ2n) is 6.02. The third-order valence-electron chi connectivity index (χ3n) is 4.41. The number of carbonyl (C=O) groups is 2. The van der Waals surface area contributed by atoms with Gasteiger partial charge < -0.3 is 15.0 Å². The average molecular weight is 328 g/mol. The molecule has 7 heteroatoms. The van der Waals surface area contributed by atoms with Crippen molar-refractivity contribution in [1.82, 2.24) is 19.9 Å². The number of rotatable bonds is 5. The van der Waals surface area contributed by atoms with Gasteiger partial charge in [-0.05, 0) is 24.5 Å². The Morgan fingerprint density at radius 3 is 2.75 bits per heavy atom. The number of imidazole rings is 1. The number of carboxylic acids is 1. The summed E-state index contributed by atoms with van der Waals surface area (Å²) in [4.78, 5) is 36.6. The fraction of sp³-hybridized carbons (Fsp3) is 0.412. The molecule has 126 valence electrons. The molecule has 0 saturated heterocycles. The van der Waals surface area contributed by atoms with Crippen LogP contribution in [0.15, 0.2) is 30.9 Å². The Morgan fingerprint density at radius 1 is 1.29 bits per heavy atom. The molecule has 0 radical (unpaired) electrons. The maximum Gasteiger partial charge on any atom is 0.354 e. The van der Waals surface area contributed by atoms with Crippen LogP contribution in [0.25, 0.3) is 0 Å². The van der Waals surface area contributed by atoms with E-state index in [0.717, 1.165) is 31.2 Å². The maximum atomic E-state index is 13.0. The number of aromatic nitrogens is 3. The van der Waals surface area contributed by atoms with Crippen LogP contribution in [0.5, 0.6) is 0 Å². The van der Waals surface area contributed by atoms with Gasteiger partial charge in [-0.25, -0.2) is 9.78 Å². The molecule has 0 aliphatic heterocycles. The lowest BCUT2D eigenvalue weighted by molar-refractivity contribution is 0.0589. The molecule has 0 atom stereocenters. The van der Waals surface area contributed by atoms with Crippen LogP contribution >= 0.6 is 0 Å². The van der Waals surface area contributed by atoms with E-state index < -0.39 is 5.97 Å². The predicted molar refractivity (Wildman–Crippen MR) is 86.5 cm³/mol. The minimum Gasteiger partial charge on any atom is -0.477 e. The van der Waals surface area contributed by atoms with Gasteiger partial charge in [-0.1, -0.05) is 25.3 Å². The first-order chi connectivity index (χ1) is 11.7. The van der Waals surface area contributed by atoms with Crippen molar-refractivity contribution in [2.45, 2.75) is 44.7 Å². The van der Waals surface area contributed by atoms with Crippen molar-refractivity contribution in [2.24, 2.45) is 0 Å². The summed E-state index contributed by atoms with van der Waals surface area (Å²) in [5.41, 5.74) is 0.729. The molecule has 1 amide bonds. The number of amides is 1. The van der Waals surface area contributed by atoms with Crippen LogP contribution in [0.1, 0.15) is 58.6 Å². The van der Waals surface area contributed by atoms with Crippen LogP contribution in [0.3, 0.4) is 0 Å². The van der Waals surface area contributed by atoms with E-state index in [0.29, 0.717) is 6.54 Å². The number of aromatic amines is 1. The van der Waals surface area contributed by atoms with Gasteiger partial charge >= 0.3 is 5.97 Å². The average Bonchev–Trinajstić information content (AvgIpc) is 3.11. The van der Waals surface area contributed by atoms with E-state index in [-0.39, 0.29) is 23.3 Å². The highest BCUT2D eigenvalue weighted by atomic mass is 16.4. The van der Waals surface area contributed by atoms with E-state index in [1.807, 2.05) is 12.1 Å². The topological polar surface area (TPSA) is 99.2 Å². The fourth-order valence-electron chi connectivity index (χ4n) is 3.20. The van der Waals surface area contributed by atoms with Crippen LogP contribution in [0.4, 0.5) is 0 Å². The van der Waals surface area contributed by atoms with Crippen molar-refractivity contribution in [3.05, 3.63) is 47.8 Å². The summed E-state index contributed by atoms with van der Waals surface area (Å²) in [7, 11) is 0. The fourth-order valence-corrected chi connectivity index (χ4v) is 3.20. The first-order valence-corrected chi connectivity index (χ1v) is 8.13. The van der Waals surface area contributed by atoms with Gasteiger partial charge in [0.1, 0.15) is 0 Å². The zero-order chi connectivity index (χ0) is 16.9. The Bertz CT molecular complexity index is 708. The molecule has 0 bridgehead atoms. The van der Waals surface area contributed by atoms with E-state index in [9.17, 15) is 14.7 Å². The number of carboxylic acid groups (broad SMARTS) is 1. The molecule has 2 heterocycles. The predicted octanol–water partition coefficient (Wildman–Crippen LogP) is 2.48. The van der Waals surface area contributed by atoms with Gasteiger partial charge in [0.2, 0.25) is 0 Å². The third-order valence-corrected chi connectivity index (χ3v) is 4.41. The molecule has 2 aromatic heterocycles. The lowest BCUT2D eigenvalue weighted by atomic mass is 9.93. The summed E-state index contributed by atoms with van der Waals surface area (Å²) in [6, 6.07) is 3.85. The zero-order valence-electron chi connectivity index (χ0n) is 13.3. The summed E-state index contributed by atoms with van der Waals surface area (Å²) >= 11 is 0. The smallest absolute Gasteiger partial charge is 0.354 e. The van der Waals surface area contributed by atoms with Crippen molar-refractivity contribution < 1.29 is 14.7 Å².